The number of para-hydroxylation sites is 1. The number of anilines is 1. The van der Waals surface area contributed by atoms with Crippen LogP contribution in [0.1, 0.15) is 16.1 Å². The highest BCUT2D eigenvalue weighted by atomic mass is 35.5. The maximum absolute atomic E-state index is 12.6. The normalized spacial score (nSPS) is 11.4. The van der Waals surface area contributed by atoms with Crippen LogP contribution in [0.25, 0.3) is 22.2 Å². The fraction of sp³-hybridized carbons (Fsp3) is 0.0455. The van der Waals surface area contributed by atoms with Crippen LogP contribution >= 0.6 is 34.8 Å². The standard InChI is InChI=1S/C22H16Cl3N5O/c1-30-15-10-6-5-9-13(15)14(20(30)12-7-3-2-4-8-12)11-27-29-22(31)19-16(23)18(26)17(24)21(25)28-19/h2-11H,1H3,(H2,26,28)(H,29,31). The number of aromatic nitrogens is 2. The van der Waals surface area contributed by atoms with Gasteiger partial charge in [0.05, 0.1) is 22.6 Å². The minimum Gasteiger partial charge on any atom is -0.396 e. The second-order valence-corrected chi connectivity index (χ2v) is 7.81. The SMILES string of the molecule is Cn1c(-c2ccccc2)c(C=NNC(=O)c2nc(Cl)c(Cl)c(N)c2Cl)c2ccccc21. The molecule has 1 amide bonds. The quantitative estimate of drug-likeness (QED) is 0.232. The third-order valence-corrected chi connectivity index (χ3v) is 5.98. The summed E-state index contributed by atoms with van der Waals surface area (Å²) in [5.74, 6) is -0.659. The fourth-order valence-corrected chi connectivity index (χ4v) is 3.98. The average Bonchev–Trinajstić information content (AvgIpc) is 3.07. The summed E-state index contributed by atoms with van der Waals surface area (Å²) in [6.07, 6.45) is 1.59. The molecule has 0 radical (unpaired) electrons. The first-order valence-corrected chi connectivity index (χ1v) is 10.3. The first-order chi connectivity index (χ1) is 14.9. The summed E-state index contributed by atoms with van der Waals surface area (Å²) in [6.45, 7) is 0. The van der Waals surface area contributed by atoms with Gasteiger partial charge in [0.15, 0.2) is 10.8 Å². The molecule has 9 heteroatoms. The number of hydrogen-bond donors (Lipinski definition) is 2. The van der Waals surface area contributed by atoms with Crippen molar-refractivity contribution < 1.29 is 4.79 Å². The van der Waals surface area contributed by atoms with Crippen molar-refractivity contribution in [2.75, 3.05) is 5.73 Å². The predicted octanol–water partition coefficient (Wildman–Crippen LogP) is 5.55. The average molecular weight is 473 g/mol. The molecule has 156 valence electrons. The molecule has 0 fully saturated rings. The van der Waals surface area contributed by atoms with Crippen LogP contribution in [0, 0.1) is 0 Å². The van der Waals surface area contributed by atoms with Gasteiger partial charge in [-0.2, -0.15) is 5.10 Å². The number of aryl methyl sites for hydroxylation is 1. The fourth-order valence-electron chi connectivity index (χ4n) is 3.39. The van der Waals surface area contributed by atoms with Gasteiger partial charge >= 0.3 is 0 Å². The summed E-state index contributed by atoms with van der Waals surface area (Å²) in [5.41, 5.74) is 11.9. The molecule has 0 spiro atoms. The number of hydrogen-bond acceptors (Lipinski definition) is 4. The van der Waals surface area contributed by atoms with Crippen molar-refractivity contribution in [1.82, 2.24) is 15.0 Å². The Hall–Kier alpha value is -3.06. The summed E-state index contributed by atoms with van der Waals surface area (Å²) in [5, 5.41) is 4.93. The molecule has 2 aromatic carbocycles. The number of nitrogens with one attached hydrogen (secondary N) is 1. The molecule has 2 heterocycles. The molecule has 31 heavy (non-hydrogen) atoms. The maximum Gasteiger partial charge on any atom is 0.291 e. The van der Waals surface area contributed by atoms with Gasteiger partial charge in [0.25, 0.3) is 5.91 Å². The maximum atomic E-state index is 12.6. The minimum atomic E-state index is -0.659. The molecule has 0 bridgehead atoms. The molecule has 0 saturated heterocycles. The first kappa shape index (κ1) is 21.2. The van der Waals surface area contributed by atoms with E-state index in [1.54, 1.807) is 6.21 Å². The molecule has 2 aromatic heterocycles. The number of hydrazone groups is 1. The predicted molar refractivity (Wildman–Crippen MR) is 127 cm³/mol. The highest BCUT2D eigenvalue weighted by Gasteiger charge is 2.20. The Kier molecular flexibility index (Phi) is 5.87. The third-order valence-electron chi connectivity index (χ3n) is 4.84. The zero-order chi connectivity index (χ0) is 22.1. The van der Waals surface area contributed by atoms with E-state index in [0.29, 0.717) is 0 Å². The van der Waals surface area contributed by atoms with Crippen molar-refractivity contribution in [3.8, 4) is 11.3 Å². The van der Waals surface area contributed by atoms with Gasteiger partial charge in [-0.05, 0) is 11.6 Å². The van der Waals surface area contributed by atoms with Gasteiger partial charge in [-0.1, -0.05) is 83.3 Å². The number of carbonyl (C=O) groups is 1. The molecular formula is C22H16Cl3N5O. The molecule has 0 unspecified atom stereocenters. The molecule has 0 aliphatic heterocycles. The van der Waals surface area contributed by atoms with Crippen LogP contribution in [0.5, 0.6) is 0 Å². The van der Waals surface area contributed by atoms with Gasteiger partial charge in [-0.15, -0.1) is 0 Å². The number of fused-ring (bicyclic) bond motifs is 1. The Bertz CT molecular complexity index is 1330. The van der Waals surface area contributed by atoms with Gasteiger partial charge in [0, 0.05) is 23.5 Å². The van der Waals surface area contributed by atoms with E-state index in [-0.39, 0.29) is 26.6 Å². The smallest absolute Gasteiger partial charge is 0.291 e. The summed E-state index contributed by atoms with van der Waals surface area (Å²) in [6, 6.07) is 17.9. The monoisotopic (exact) mass is 471 g/mol. The Balaban J connectivity index is 1.72. The van der Waals surface area contributed by atoms with Crippen LogP contribution < -0.4 is 11.2 Å². The molecule has 4 rings (SSSR count). The Morgan fingerprint density at radius 3 is 2.48 bits per heavy atom. The van der Waals surface area contributed by atoms with E-state index in [0.717, 1.165) is 27.7 Å². The zero-order valence-electron chi connectivity index (χ0n) is 16.2. The number of amides is 1. The number of pyridine rings is 1. The van der Waals surface area contributed by atoms with Gasteiger partial charge in [0.1, 0.15) is 5.02 Å². The molecule has 0 aliphatic rings. The van der Waals surface area contributed by atoms with Crippen LogP contribution in [0.15, 0.2) is 59.7 Å². The van der Waals surface area contributed by atoms with E-state index >= 15 is 0 Å². The van der Waals surface area contributed by atoms with Crippen LogP contribution in [-0.4, -0.2) is 21.7 Å². The highest BCUT2D eigenvalue weighted by Crippen LogP contribution is 2.34. The number of benzene rings is 2. The molecule has 0 saturated carbocycles. The van der Waals surface area contributed by atoms with Gasteiger partial charge < -0.3 is 10.3 Å². The van der Waals surface area contributed by atoms with Crippen LogP contribution in [0.4, 0.5) is 5.69 Å². The van der Waals surface area contributed by atoms with Crippen molar-refractivity contribution in [3.63, 3.8) is 0 Å². The lowest BCUT2D eigenvalue weighted by molar-refractivity contribution is 0.0950. The van der Waals surface area contributed by atoms with Gasteiger partial charge in [-0.25, -0.2) is 10.4 Å². The molecule has 4 aromatic rings. The van der Waals surface area contributed by atoms with E-state index in [2.05, 4.69) is 20.1 Å². The third kappa shape index (κ3) is 3.85. The molecule has 0 atom stereocenters. The van der Waals surface area contributed by atoms with E-state index in [1.807, 2.05) is 61.6 Å². The Morgan fingerprint density at radius 1 is 1.06 bits per heavy atom. The second kappa shape index (κ2) is 8.59. The van der Waals surface area contributed by atoms with Crippen molar-refractivity contribution >= 4 is 63.5 Å². The number of nitrogens with two attached hydrogens (primary N) is 1. The summed E-state index contributed by atoms with van der Waals surface area (Å²) >= 11 is 17.9. The van der Waals surface area contributed by atoms with Crippen molar-refractivity contribution in [3.05, 3.63) is 81.1 Å². The zero-order valence-corrected chi connectivity index (χ0v) is 18.5. The van der Waals surface area contributed by atoms with Crippen molar-refractivity contribution in [2.24, 2.45) is 12.1 Å². The topological polar surface area (TPSA) is 85.3 Å². The van der Waals surface area contributed by atoms with Gasteiger partial charge in [0.2, 0.25) is 0 Å². The van der Waals surface area contributed by atoms with E-state index < -0.39 is 5.91 Å². The lowest BCUT2D eigenvalue weighted by atomic mass is 10.1. The summed E-state index contributed by atoms with van der Waals surface area (Å²) in [4.78, 5) is 16.5. The summed E-state index contributed by atoms with van der Waals surface area (Å²) < 4.78 is 2.09. The van der Waals surface area contributed by atoms with Crippen LogP contribution in [0.3, 0.4) is 0 Å². The minimum absolute atomic E-state index is 0.00465. The number of nitrogen functional groups attached to an aromatic ring is 1. The largest absolute Gasteiger partial charge is 0.396 e. The van der Waals surface area contributed by atoms with Gasteiger partial charge in [-0.3, -0.25) is 4.79 Å². The lowest BCUT2D eigenvalue weighted by Crippen LogP contribution is -2.20. The Labute approximate surface area is 193 Å². The molecule has 0 aliphatic carbocycles. The molecular weight excluding hydrogens is 457 g/mol. The molecule has 6 nitrogen and oxygen atoms in total. The lowest BCUT2D eigenvalue weighted by Gasteiger charge is -2.08. The summed E-state index contributed by atoms with van der Waals surface area (Å²) in [7, 11) is 1.99. The number of halogens is 3. The number of rotatable bonds is 4. The van der Waals surface area contributed by atoms with Crippen LogP contribution in [-0.2, 0) is 7.05 Å². The van der Waals surface area contributed by atoms with Crippen molar-refractivity contribution in [1.29, 1.82) is 0 Å². The highest BCUT2D eigenvalue weighted by molar-refractivity contribution is 6.46. The second-order valence-electron chi connectivity index (χ2n) is 6.70. The van der Waals surface area contributed by atoms with Crippen LogP contribution in [0.2, 0.25) is 15.2 Å². The van der Waals surface area contributed by atoms with E-state index in [9.17, 15) is 4.79 Å². The van der Waals surface area contributed by atoms with E-state index in [4.69, 9.17) is 40.5 Å². The molecule has 3 N–H and O–H groups in total. The number of carbonyl (C=O) groups excluding carboxylic acids is 1. The Morgan fingerprint density at radius 2 is 1.74 bits per heavy atom. The number of nitrogens with zero attached hydrogens (tertiary/aromatic N) is 3. The first-order valence-electron chi connectivity index (χ1n) is 9.16. The van der Waals surface area contributed by atoms with E-state index in [1.165, 1.54) is 0 Å². The van der Waals surface area contributed by atoms with Crippen molar-refractivity contribution in [2.45, 2.75) is 0 Å².